The molecule has 0 radical (unpaired) electrons. The minimum atomic E-state index is -3.33. The third kappa shape index (κ3) is 2.72. The summed E-state index contributed by atoms with van der Waals surface area (Å²) in [4.78, 5) is 11.8. The molecule has 1 aromatic carbocycles. The Morgan fingerprint density at radius 2 is 1.80 bits per heavy atom. The van der Waals surface area contributed by atoms with E-state index in [0.29, 0.717) is 17.6 Å². The molecule has 7 heteroatoms. The summed E-state index contributed by atoms with van der Waals surface area (Å²) < 4.78 is 29.3. The molecule has 0 saturated carbocycles. The van der Waals surface area contributed by atoms with Crippen LogP contribution in [0.4, 0.5) is 5.69 Å². The van der Waals surface area contributed by atoms with Crippen molar-refractivity contribution in [2.75, 3.05) is 10.5 Å². The highest BCUT2D eigenvalue weighted by atomic mass is 32.2. The van der Waals surface area contributed by atoms with Gasteiger partial charge in [-0.2, -0.15) is 0 Å². The lowest BCUT2D eigenvalue weighted by atomic mass is 10.3. The molecule has 0 spiro atoms. The van der Waals surface area contributed by atoms with Crippen LogP contribution in [0.5, 0.6) is 0 Å². The normalized spacial score (nSPS) is 11.9. The molecule has 0 aliphatic rings. The zero-order valence-electron chi connectivity index (χ0n) is 11.9. The van der Waals surface area contributed by atoms with Gasteiger partial charge in [0.1, 0.15) is 0 Å². The Hall–Kier alpha value is -1.76. The number of sulfonamides is 1. The second kappa shape index (κ2) is 5.32. The molecule has 2 aromatic rings. The Bertz CT molecular complexity index is 787. The highest BCUT2D eigenvalue weighted by molar-refractivity contribution is 7.92. The smallest absolute Gasteiger partial charge is 0.295 e. The van der Waals surface area contributed by atoms with Crippen LogP contribution in [-0.2, 0) is 24.1 Å². The summed E-state index contributed by atoms with van der Waals surface area (Å²) in [6, 6.07) is 5.10. The molecule has 0 amide bonds. The lowest BCUT2D eigenvalue weighted by molar-refractivity contribution is 0.598. The van der Waals surface area contributed by atoms with Crippen LogP contribution in [-0.4, -0.2) is 23.3 Å². The number of unbranched alkanes of at least 4 members (excludes halogenated alkanes) is 1. The van der Waals surface area contributed by atoms with E-state index in [9.17, 15) is 13.2 Å². The summed E-state index contributed by atoms with van der Waals surface area (Å²) in [7, 11) is 0.0311. The van der Waals surface area contributed by atoms with Gasteiger partial charge in [-0.25, -0.2) is 13.2 Å². The monoisotopic (exact) mass is 297 g/mol. The first-order valence-electron chi connectivity index (χ1n) is 6.51. The molecule has 0 bridgehead atoms. The first-order valence-corrected chi connectivity index (χ1v) is 8.17. The summed E-state index contributed by atoms with van der Waals surface area (Å²) >= 11 is 0. The molecular weight excluding hydrogens is 278 g/mol. The highest BCUT2D eigenvalue weighted by Gasteiger charge is 2.12. The summed E-state index contributed by atoms with van der Waals surface area (Å²) in [5.41, 5.74) is 1.82. The number of benzene rings is 1. The van der Waals surface area contributed by atoms with Gasteiger partial charge >= 0.3 is 5.69 Å². The largest absolute Gasteiger partial charge is 0.328 e. The van der Waals surface area contributed by atoms with E-state index >= 15 is 0 Å². The molecule has 1 heterocycles. The fourth-order valence-corrected chi connectivity index (χ4v) is 3.39. The number of aromatic nitrogens is 2. The van der Waals surface area contributed by atoms with Crippen molar-refractivity contribution in [3.63, 3.8) is 0 Å². The van der Waals surface area contributed by atoms with Gasteiger partial charge in [0.2, 0.25) is 10.0 Å². The average molecular weight is 297 g/mol. The van der Waals surface area contributed by atoms with E-state index in [-0.39, 0.29) is 11.4 Å². The van der Waals surface area contributed by atoms with Gasteiger partial charge in [0.05, 0.1) is 22.5 Å². The van der Waals surface area contributed by atoms with Crippen molar-refractivity contribution >= 4 is 26.7 Å². The van der Waals surface area contributed by atoms with Gasteiger partial charge in [0.15, 0.2) is 0 Å². The van der Waals surface area contributed by atoms with Crippen LogP contribution in [0, 0.1) is 0 Å². The number of imidazole rings is 1. The first kappa shape index (κ1) is 14.6. The zero-order chi connectivity index (χ0) is 14.9. The van der Waals surface area contributed by atoms with Crippen LogP contribution in [0.25, 0.3) is 11.0 Å². The number of fused-ring (bicyclic) bond motifs is 1. The predicted molar refractivity (Wildman–Crippen MR) is 80.5 cm³/mol. The second-order valence-corrected chi connectivity index (χ2v) is 6.72. The molecule has 1 N–H and O–H groups in total. The van der Waals surface area contributed by atoms with Crippen LogP contribution < -0.4 is 10.4 Å². The van der Waals surface area contributed by atoms with Crippen LogP contribution in [0.1, 0.15) is 19.8 Å². The Morgan fingerprint density at radius 1 is 1.15 bits per heavy atom. The summed E-state index contributed by atoms with van der Waals surface area (Å²) in [6.07, 6.45) is 1.45. The van der Waals surface area contributed by atoms with Gasteiger partial charge in [0.25, 0.3) is 0 Å². The lowest BCUT2D eigenvalue weighted by Crippen LogP contribution is -2.19. The molecule has 6 nitrogen and oxygen atoms in total. The minimum absolute atomic E-state index is 0.106. The predicted octanol–water partition coefficient (Wildman–Crippen LogP) is 1.42. The third-order valence-corrected chi connectivity index (χ3v) is 4.68. The van der Waals surface area contributed by atoms with Gasteiger partial charge in [0, 0.05) is 14.1 Å². The van der Waals surface area contributed by atoms with Gasteiger partial charge < -0.3 is 0 Å². The lowest BCUT2D eigenvalue weighted by Gasteiger charge is -2.08. The van der Waals surface area contributed by atoms with E-state index in [1.54, 1.807) is 32.3 Å². The molecule has 20 heavy (non-hydrogen) atoms. The van der Waals surface area contributed by atoms with Gasteiger partial charge in [-0.1, -0.05) is 13.3 Å². The SMILES string of the molecule is CCCCS(=O)(=O)Nc1ccc2c(c1)n(C)c(=O)n2C. The number of nitrogens with one attached hydrogen (secondary N) is 1. The number of hydrogen-bond acceptors (Lipinski definition) is 3. The van der Waals surface area contributed by atoms with Crippen molar-refractivity contribution in [1.29, 1.82) is 0 Å². The molecule has 0 unspecified atom stereocenters. The molecule has 0 aliphatic carbocycles. The molecular formula is C13H19N3O3S. The van der Waals surface area contributed by atoms with Crippen molar-refractivity contribution in [3.05, 3.63) is 28.7 Å². The van der Waals surface area contributed by atoms with Crippen LogP contribution >= 0.6 is 0 Å². The first-order chi connectivity index (χ1) is 9.35. The number of anilines is 1. The summed E-state index contributed by atoms with van der Waals surface area (Å²) in [5, 5.41) is 0. The van der Waals surface area contributed by atoms with Crippen molar-refractivity contribution < 1.29 is 8.42 Å². The number of rotatable bonds is 5. The topological polar surface area (TPSA) is 73.1 Å². The third-order valence-electron chi connectivity index (χ3n) is 3.31. The van der Waals surface area contributed by atoms with Crippen LogP contribution in [0.3, 0.4) is 0 Å². The maximum absolute atomic E-state index is 11.9. The standard InChI is InChI=1S/C13H19N3O3S/c1-4-5-8-20(18,19)14-10-6-7-11-12(9-10)16(3)13(17)15(11)2/h6-7,9,14H,4-5,8H2,1-3H3. The number of hydrogen-bond donors (Lipinski definition) is 1. The van der Waals surface area contributed by atoms with E-state index in [2.05, 4.69) is 4.72 Å². The van der Waals surface area contributed by atoms with Crippen LogP contribution in [0.2, 0.25) is 0 Å². The maximum Gasteiger partial charge on any atom is 0.328 e. The van der Waals surface area contributed by atoms with E-state index in [1.165, 1.54) is 9.13 Å². The molecule has 0 fully saturated rings. The molecule has 0 aliphatic heterocycles. The molecule has 0 saturated heterocycles. The van der Waals surface area contributed by atoms with Crippen molar-refractivity contribution in [2.45, 2.75) is 19.8 Å². The fourth-order valence-electron chi connectivity index (χ4n) is 2.14. The quantitative estimate of drug-likeness (QED) is 0.907. The molecule has 2 rings (SSSR count). The van der Waals surface area contributed by atoms with E-state index < -0.39 is 10.0 Å². The van der Waals surface area contributed by atoms with Crippen molar-refractivity contribution in [1.82, 2.24) is 9.13 Å². The summed E-state index contributed by atoms with van der Waals surface area (Å²) in [5.74, 6) is 0.106. The van der Waals surface area contributed by atoms with E-state index in [1.807, 2.05) is 6.92 Å². The molecule has 110 valence electrons. The molecule has 1 aromatic heterocycles. The number of aryl methyl sites for hydroxylation is 2. The average Bonchev–Trinajstić information content (AvgIpc) is 2.61. The number of nitrogens with zero attached hydrogens (tertiary/aromatic N) is 2. The van der Waals surface area contributed by atoms with Crippen molar-refractivity contribution in [2.24, 2.45) is 14.1 Å². The van der Waals surface area contributed by atoms with Gasteiger partial charge in [-0.05, 0) is 24.6 Å². The highest BCUT2D eigenvalue weighted by Crippen LogP contribution is 2.18. The second-order valence-electron chi connectivity index (χ2n) is 4.88. The fraction of sp³-hybridized carbons (Fsp3) is 0.462. The Morgan fingerprint density at radius 3 is 2.45 bits per heavy atom. The zero-order valence-corrected chi connectivity index (χ0v) is 12.7. The molecule has 0 atom stereocenters. The van der Waals surface area contributed by atoms with Gasteiger partial charge in [-0.3, -0.25) is 13.9 Å². The van der Waals surface area contributed by atoms with E-state index in [0.717, 1.165) is 11.9 Å². The minimum Gasteiger partial charge on any atom is -0.295 e. The Kier molecular flexibility index (Phi) is 3.89. The Balaban J connectivity index is 2.38. The van der Waals surface area contributed by atoms with Crippen molar-refractivity contribution in [3.8, 4) is 0 Å². The van der Waals surface area contributed by atoms with Crippen LogP contribution in [0.15, 0.2) is 23.0 Å². The maximum atomic E-state index is 11.9. The Labute approximate surface area is 118 Å². The summed E-state index contributed by atoms with van der Waals surface area (Å²) in [6.45, 7) is 1.95. The van der Waals surface area contributed by atoms with E-state index in [4.69, 9.17) is 0 Å². The van der Waals surface area contributed by atoms with Gasteiger partial charge in [-0.15, -0.1) is 0 Å².